The second-order valence-corrected chi connectivity index (χ2v) is 17.6. The third-order valence-corrected chi connectivity index (χ3v) is 12.7. The van der Waals surface area contributed by atoms with Crippen LogP contribution in [0.5, 0.6) is 40.2 Å². The highest BCUT2D eigenvalue weighted by atomic mass is 32.2. The number of nitrogens with one attached hydrogen (secondary N) is 3. The molecule has 0 spiro atoms. The lowest BCUT2D eigenvalue weighted by molar-refractivity contribution is 0.0942. The van der Waals surface area contributed by atoms with Crippen molar-refractivity contribution < 1.29 is 66.3 Å². The van der Waals surface area contributed by atoms with Gasteiger partial charge in [0.2, 0.25) is 0 Å². The minimum atomic E-state index is -4.67. The minimum Gasteiger partial charge on any atom is -0.504 e. The van der Waals surface area contributed by atoms with E-state index >= 15 is 0 Å². The van der Waals surface area contributed by atoms with E-state index in [0.717, 1.165) is 41.7 Å². The van der Waals surface area contributed by atoms with Gasteiger partial charge in [0.25, 0.3) is 21.8 Å². The number of nitriles is 1. The summed E-state index contributed by atoms with van der Waals surface area (Å²) in [5.41, 5.74) is 1.08. The standard InChI is InChI=1S/C39H38FN4O13PS2/c1-23-28(35-12-13-36(59-35)60(53,54)44-22-58(51,52)57-27-7-4-26(21-41)29(40)20-27)8-11-34(55-16-2-14-42-38(49)24-5-9-30(45)32(47)18-24)37(23)56-17-3-15-43-39(50)25-6-10-31(46)33(48)19-25/h4-13,18-20,44-48H,2-3,14-17,22H2,1H3,(H,42,49)(H,43,50)(H,51,52). The third-order valence-electron chi connectivity index (χ3n) is 8.44. The predicted molar refractivity (Wildman–Crippen MR) is 216 cm³/mol. The SMILES string of the molecule is Cc1c(-c2ccc(S(=O)(=O)NCP(=O)(O)Oc3ccc(C#N)c(F)c3)s2)ccc(OCCCNC(=O)c2ccc(O)c(O)c2)c1OCCCNC(=O)c1ccc(O)c(O)c1. The molecule has 60 heavy (non-hydrogen) atoms. The molecule has 8 N–H and O–H groups in total. The molecule has 0 bridgehead atoms. The molecular weight excluding hydrogens is 847 g/mol. The molecule has 1 aromatic heterocycles. The highest BCUT2D eigenvalue weighted by molar-refractivity contribution is 7.92. The van der Waals surface area contributed by atoms with E-state index in [-0.39, 0.29) is 64.5 Å². The van der Waals surface area contributed by atoms with Crippen LogP contribution in [-0.2, 0) is 14.6 Å². The van der Waals surface area contributed by atoms with Crippen LogP contribution in [-0.4, -0.2) is 78.1 Å². The Balaban J connectivity index is 1.25. The molecular formula is C39H38FN4O13PS2. The lowest BCUT2D eigenvalue weighted by Crippen LogP contribution is -2.25. The van der Waals surface area contributed by atoms with Crippen molar-refractivity contribution in [2.45, 2.75) is 24.0 Å². The van der Waals surface area contributed by atoms with Crippen molar-refractivity contribution in [3.05, 3.63) is 107 Å². The Labute approximate surface area is 346 Å². The average Bonchev–Trinajstić information content (AvgIpc) is 3.71. The van der Waals surface area contributed by atoms with Gasteiger partial charge in [0.05, 0.1) is 18.8 Å². The molecule has 5 aromatic rings. The molecule has 0 fully saturated rings. The Kier molecular flexibility index (Phi) is 14.6. The molecule has 0 radical (unpaired) electrons. The second kappa shape index (κ2) is 19.6. The second-order valence-electron chi connectivity index (χ2n) is 12.8. The van der Waals surface area contributed by atoms with E-state index in [1.54, 1.807) is 25.1 Å². The van der Waals surface area contributed by atoms with Crippen LogP contribution in [0.25, 0.3) is 10.4 Å². The summed E-state index contributed by atoms with van der Waals surface area (Å²) in [6.07, 6.45) is -0.372. The third kappa shape index (κ3) is 11.6. The number of amides is 2. The quantitative estimate of drug-likeness (QED) is 0.0291. The monoisotopic (exact) mass is 884 g/mol. The molecule has 5 rings (SSSR count). The van der Waals surface area contributed by atoms with Crippen molar-refractivity contribution >= 4 is 40.8 Å². The van der Waals surface area contributed by atoms with E-state index in [9.17, 15) is 52.3 Å². The first kappa shape index (κ1) is 44.7. The number of thiophene rings is 1. The van der Waals surface area contributed by atoms with Gasteiger partial charge in [0.15, 0.2) is 34.5 Å². The molecule has 4 aromatic carbocycles. The number of benzene rings is 4. The summed E-state index contributed by atoms with van der Waals surface area (Å²) in [7, 11) is -9.02. The smallest absolute Gasteiger partial charge is 0.391 e. The molecule has 0 saturated heterocycles. The van der Waals surface area contributed by atoms with Crippen molar-refractivity contribution in [1.82, 2.24) is 15.4 Å². The Morgan fingerprint density at radius 1 is 0.817 bits per heavy atom. The van der Waals surface area contributed by atoms with Crippen molar-refractivity contribution in [2.75, 3.05) is 32.6 Å². The van der Waals surface area contributed by atoms with Crippen molar-refractivity contribution in [3.63, 3.8) is 0 Å². The average molecular weight is 885 g/mol. The number of carbonyl (C=O) groups excluding carboxylic acids is 2. The summed E-state index contributed by atoms with van der Waals surface area (Å²) >= 11 is 0.854. The van der Waals surface area contributed by atoms with Gasteiger partial charge in [0, 0.05) is 40.7 Å². The number of hydrogen-bond donors (Lipinski definition) is 8. The Morgan fingerprint density at radius 3 is 1.98 bits per heavy atom. The Hall–Kier alpha value is -6.36. The number of nitrogens with zero attached hydrogens (tertiary/aromatic N) is 1. The van der Waals surface area contributed by atoms with Gasteiger partial charge in [-0.05, 0) is 98.1 Å². The van der Waals surface area contributed by atoms with Gasteiger partial charge in [-0.15, -0.1) is 11.3 Å². The summed E-state index contributed by atoms with van der Waals surface area (Å²) in [5, 5.41) is 52.7. The van der Waals surface area contributed by atoms with Gasteiger partial charge < -0.3 is 50.0 Å². The molecule has 0 saturated carbocycles. The molecule has 21 heteroatoms. The number of sulfonamides is 1. The largest absolute Gasteiger partial charge is 0.504 e. The number of phenols is 4. The number of carbonyl (C=O) groups is 2. The minimum absolute atomic E-state index is 0.0870. The Bertz CT molecular complexity index is 2600. The van der Waals surface area contributed by atoms with E-state index in [0.29, 0.717) is 40.3 Å². The lowest BCUT2D eigenvalue weighted by atomic mass is 10.1. The van der Waals surface area contributed by atoms with Crippen LogP contribution in [0.15, 0.2) is 83.1 Å². The molecule has 316 valence electrons. The van der Waals surface area contributed by atoms with E-state index in [1.807, 2.05) is 4.72 Å². The van der Waals surface area contributed by atoms with Crippen LogP contribution in [0.1, 0.15) is 44.7 Å². The van der Waals surface area contributed by atoms with Gasteiger partial charge in [-0.3, -0.25) is 9.59 Å². The summed E-state index contributed by atoms with van der Waals surface area (Å²) in [6.45, 7) is 2.30. The van der Waals surface area contributed by atoms with Crippen molar-refractivity contribution in [2.24, 2.45) is 0 Å². The fraction of sp³-hybridized carbons (Fsp3) is 0.205. The normalized spacial score (nSPS) is 12.2. The van der Waals surface area contributed by atoms with Gasteiger partial charge >= 0.3 is 7.60 Å². The molecule has 2 amide bonds. The first-order valence-corrected chi connectivity index (χ1v) is 21.8. The van der Waals surface area contributed by atoms with Gasteiger partial charge in [-0.25, -0.2) is 17.4 Å². The first-order chi connectivity index (χ1) is 28.5. The number of halogens is 1. The van der Waals surface area contributed by atoms with Crippen LogP contribution in [0.2, 0.25) is 0 Å². The molecule has 1 atom stereocenters. The zero-order valence-corrected chi connectivity index (χ0v) is 34.1. The van der Waals surface area contributed by atoms with Crippen LogP contribution in [0.4, 0.5) is 4.39 Å². The topological polar surface area (TPSA) is 274 Å². The predicted octanol–water partition coefficient (Wildman–Crippen LogP) is 5.45. The van der Waals surface area contributed by atoms with Crippen LogP contribution >= 0.6 is 18.9 Å². The van der Waals surface area contributed by atoms with Crippen LogP contribution in [0.3, 0.4) is 0 Å². The van der Waals surface area contributed by atoms with Gasteiger partial charge in [-0.2, -0.15) is 9.98 Å². The molecule has 0 aliphatic rings. The number of rotatable bonds is 19. The van der Waals surface area contributed by atoms with E-state index in [1.165, 1.54) is 36.4 Å². The zero-order chi connectivity index (χ0) is 43.6. The maximum absolute atomic E-state index is 14.0. The van der Waals surface area contributed by atoms with Gasteiger partial charge in [0.1, 0.15) is 28.1 Å². The van der Waals surface area contributed by atoms with Crippen molar-refractivity contribution in [1.29, 1.82) is 5.26 Å². The van der Waals surface area contributed by atoms with E-state index in [4.69, 9.17) is 19.3 Å². The fourth-order valence-electron chi connectivity index (χ4n) is 5.35. The molecule has 0 aliphatic carbocycles. The zero-order valence-electron chi connectivity index (χ0n) is 31.5. The summed E-state index contributed by atoms with van der Waals surface area (Å²) in [5.74, 6) is -3.31. The fourth-order valence-corrected chi connectivity index (χ4v) is 9.29. The molecule has 17 nitrogen and oxygen atoms in total. The molecule has 1 unspecified atom stereocenters. The number of hydrogen-bond acceptors (Lipinski definition) is 14. The maximum atomic E-state index is 14.0. The first-order valence-electron chi connectivity index (χ1n) is 17.8. The summed E-state index contributed by atoms with van der Waals surface area (Å²) in [6, 6.07) is 18.0. The van der Waals surface area contributed by atoms with Crippen molar-refractivity contribution in [3.8, 4) is 56.8 Å². The van der Waals surface area contributed by atoms with E-state index < -0.39 is 53.0 Å². The highest BCUT2D eigenvalue weighted by Crippen LogP contribution is 2.43. The van der Waals surface area contributed by atoms with Crippen LogP contribution < -0.4 is 29.4 Å². The Morgan fingerprint density at radius 2 is 1.42 bits per heavy atom. The summed E-state index contributed by atoms with van der Waals surface area (Å²) < 4.78 is 71.9. The number of ether oxygens (including phenoxy) is 2. The maximum Gasteiger partial charge on any atom is 0.391 e. The van der Waals surface area contributed by atoms with Gasteiger partial charge in [-0.1, -0.05) is 0 Å². The number of phenolic OH excluding ortho intramolecular Hbond substituents is 4. The highest BCUT2D eigenvalue weighted by Gasteiger charge is 2.27. The van der Waals surface area contributed by atoms with Crippen LogP contribution in [0, 0.1) is 24.1 Å². The molecule has 1 heterocycles. The summed E-state index contributed by atoms with van der Waals surface area (Å²) in [4.78, 5) is 35.8. The van der Waals surface area contributed by atoms with E-state index in [2.05, 4.69) is 10.6 Å². The number of aromatic hydroxyl groups is 4. The lowest BCUT2D eigenvalue weighted by Gasteiger charge is -2.18. The molecule has 0 aliphatic heterocycles.